The lowest BCUT2D eigenvalue weighted by Gasteiger charge is -2.22. The van der Waals surface area contributed by atoms with Crippen molar-refractivity contribution in [3.05, 3.63) is 76.1 Å². The van der Waals surface area contributed by atoms with Gasteiger partial charge in [-0.2, -0.15) is 0 Å². The van der Waals surface area contributed by atoms with Gasteiger partial charge in [0.25, 0.3) is 5.91 Å². The molecule has 6 nitrogen and oxygen atoms in total. The van der Waals surface area contributed by atoms with Crippen LogP contribution in [0.5, 0.6) is 0 Å². The van der Waals surface area contributed by atoms with Crippen molar-refractivity contribution in [2.24, 2.45) is 0 Å². The lowest BCUT2D eigenvalue weighted by molar-refractivity contribution is -0.122. The van der Waals surface area contributed by atoms with Crippen LogP contribution in [0.2, 0.25) is 0 Å². The van der Waals surface area contributed by atoms with Crippen LogP contribution in [0.1, 0.15) is 22.8 Å². The van der Waals surface area contributed by atoms with Crippen molar-refractivity contribution in [3.63, 3.8) is 0 Å². The number of aromatic nitrogens is 1. The molecular weight excluding hydrogens is 344 g/mol. The van der Waals surface area contributed by atoms with Gasteiger partial charge in [-0.05, 0) is 31.0 Å². The highest BCUT2D eigenvalue weighted by Crippen LogP contribution is 2.31. The number of nitrogens with one attached hydrogen (secondary N) is 1. The normalized spacial score (nSPS) is 15.6. The first-order chi connectivity index (χ1) is 13.0. The van der Waals surface area contributed by atoms with E-state index in [9.17, 15) is 14.4 Å². The molecule has 6 heteroatoms. The third kappa shape index (κ3) is 3.10. The molecule has 1 atom stereocenters. The Kier molecular flexibility index (Phi) is 4.24. The van der Waals surface area contributed by atoms with E-state index in [0.29, 0.717) is 10.9 Å². The van der Waals surface area contributed by atoms with Crippen molar-refractivity contribution in [1.29, 1.82) is 0 Å². The summed E-state index contributed by atoms with van der Waals surface area (Å²) in [6.07, 6.45) is 0.772. The maximum Gasteiger partial charge on any atom is 0.339 e. The molecule has 1 aliphatic heterocycles. The zero-order valence-electron chi connectivity index (χ0n) is 14.8. The summed E-state index contributed by atoms with van der Waals surface area (Å²) < 4.78 is 5.25. The maximum absolute atomic E-state index is 12.7. The molecule has 0 aliphatic carbocycles. The number of amides is 1. The summed E-state index contributed by atoms with van der Waals surface area (Å²) in [5, 5.41) is 0.578. The molecule has 3 aromatic rings. The Morgan fingerprint density at radius 2 is 1.89 bits per heavy atom. The number of anilines is 1. The molecule has 1 aromatic heterocycles. The summed E-state index contributed by atoms with van der Waals surface area (Å²) in [6, 6.07) is 15.9. The molecule has 0 fully saturated rings. The van der Waals surface area contributed by atoms with Crippen LogP contribution in [0, 0.1) is 0 Å². The summed E-state index contributed by atoms with van der Waals surface area (Å²) in [6.45, 7) is 1.59. The first-order valence-electron chi connectivity index (χ1n) is 8.74. The number of esters is 1. The lowest BCUT2D eigenvalue weighted by atomic mass is 10.1. The van der Waals surface area contributed by atoms with Crippen molar-refractivity contribution < 1.29 is 14.3 Å². The van der Waals surface area contributed by atoms with Gasteiger partial charge in [0, 0.05) is 28.7 Å². The fourth-order valence-corrected chi connectivity index (χ4v) is 3.59. The first kappa shape index (κ1) is 17.0. The number of ether oxygens (including phenoxy) is 1. The van der Waals surface area contributed by atoms with Crippen LogP contribution in [0.3, 0.4) is 0 Å². The standard InChI is InChI=1S/C21H18N2O4/c1-13-10-14-6-2-5-9-18(14)23(13)20(25)12-27-21(26)16-11-19(24)22-17-8-4-3-7-15(16)17/h2-9,11,13H,10,12H2,1H3,(H,22,24)/t13-/m0/s1. The topological polar surface area (TPSA) is 79.5 Å². The van der Waals surface area contributed by atoms with Gasteiger partial charge in [0.15, 0.2) is 6.61 Å². The van der Waals surface area contributed by atoms with Crippen molar-refractivity contribution in [2.45, 2.75) is 19.4 Å². The molecule has 1 N–H and O–H groups in total. The predicted octanol–water partition coefficient (Wildman–Crippen LogP) is 2.66. The predicted molar refractivity (Wildman–Crippen MR) is 102 cm³/mol. The van der Waals surface area contributed by atoms with E-state index in [1.54, 1.807) is 29.2 Å². The fraction of sp³-hybridized carbons (Fsp3) is 0.190. The SMILES string of the molecule is C[C@H]1Cc2ccccc2N1C(=O)COC(=O)c1cc(=O)[nH]c2ccccc12. The summed E-state index contributed by atoms with van der Waals surface area (Å²) in [4.78, 5) is 41.3. The molecule has 1 amide bonds. The summed E-state index contributed by atoms with van der Waals surface area (Å²) in [5.74, 6) is -0.972. The van der Waals surface area contributed by atoms with E-state index < -0.39 is 11.5 Å². The summed E-state index contributed by atoms with van der Waals surface area (Å²) >= 11 is 0. The van der Waals surface area contributed by atoms with Gasteiger partial charge >= 0.3 is 5.97 Å². The van der Waals surface area contributed by atoms with Crippen LogP contribution in [0.4, 0.5) is 5.69 Å². The lowest BCUT2D eigenvalue weighted by Crippen LogP contribution is -2.38. The van der Waals surface area contributed by atoms with E-state index >= 15 is 0 Å². The van der Waals surface area contributed by atoms with Crippen molar-refractivity contribution >= 4 is 28.5 Å². The molecule has 0 bridgehead atoms. The number of para-hydroxylation sites is 2. The number of benzene rings is 2. The minimum absolute atomic E-state index is 0.00834. The summed E-state index contributed by atoms with van der Waals surface area (Å²) in [5.41, 5.74) is 2.26. The number of nitrogens with zero attached hydrogens (tertiary/aromatic N) is 1. The zero-order valence-corrected chi connectivity index (χ0v) is 14.8. The molecule has 4 rings (SSSR count). The number of hydrogen-bond donors (Lipinski definition) is 1. The first-order valence-corrected chi connectivity index (χ1v) is 8.74. The molecule has 0 saturated heterocycles. The number of pyridine rings is 1. The highest BCUT2D eigenvalue weighted by molar-refractivity contribution is 6.04. The molecule has 2 aromatic carbocycles. The highest BCUT2D eigenvalue weighted by Gasteiger charge is 2.31. The minimum atomic E-state index is -0.689. The molecule has 0 spiro atoms. The van der Waals surface area contributed by atoms with E-state index in [0.717, 1.165) is 17.7 Å². The van der Waals surface area contributed by atoms with E-state index in [1.807, 2.05) is 31.2 Å². The second kappa shape index (κ2) is 6.72. The quantitative estimate of drug-likeness (QED) is 0.727. The van der Waals surface area contributed by atoms with Crippen LogP contribution >= 0.6 is 0 Å². The Balaban J connectivity index is 1.54. The number of hydrogen-bond acceptors (Lipinski definition) is 4. The maximum atomic E-state index is 12.7. The number of fused-ring (bicyclic) bond motifs is 2. The van der Waals surface area contributed by atoms with Gasteiger partial charge in [-0.15, -0.1) is 0 Å². The number of aromatic amines is 1. The number of rotatable bonds is 3. The zero-order chi connectivity index (χ0) is 19.0. The van der Waals surface area contributed by atoms with Gasteiger partial charge in [0.1, 0.15) is 0 Å². The van der Waals surface area contributed by atoms with Gasteiger partial charge < -0.3 is 14.6 Å². The monoisotopic (exact) mass is 362 g/mol. The van der Waals surface area contributed by atoms with Crippen molar-refractivity contribution in [3.8, 4) is 0 Å². The fourth-order valence-electron chi connectivity index (χ4n) is 3.59. The Labute approximate surface area is 155 Å². The molecule has 2 heterocycles. The Bertz CT molecular complexity index is 1100. The largest absolute Gasteiger partial charge is 0.452 e. The average Bonchev–Trinajstić information content (AvgIpc) is 3.00. The number of carbonyl (C=O) groups is 2. The average molecular weight is 362 g/mol. The second-order valence-corrected chi connectivity index (χ2v) is 6.61. The van der Waals surface area contributed by atoms with Crippen LogP contribution in [0.25, 0.3) is 10.9 Å². The van der Waals surface area contributed by atoms with Gasteiger partial charge in [-0.25, -0.2) is 4.79 Å². The minimum Gasteiger partial charge on any atom is -0.452 e. The molecule has 1 aliphatic rings. The third-order valence-electron chi connectivity index (χ3n) is 4.77. The van der Waals surface area contributed by atoms with Gasteiger partial charge in [0.05, 0.1) is 5.56 Å². The molecular formula is C21H18N2O4. The van der Waals surface area contributed by atoms with Gasteiger partial charge in [0.2, 0.25) is 5.56 Å². The van der Waals surface area contributed by atoms with E-state index in [4.69, 9.17) is 4.74 Å². The number of H-pyrrole nitrogens is 1. The Morgan fingerprint density at radius 3 is 2.74 bits per heavy atom. The molecule has 0 unspecified atom stereocenters. The molecule has 136 valence electrons. The van der Waals surface area contributed by atoms with Gasteiger partial charge in [-0.1, -0.05) is 36.4 Å². The van der Waals surface area contributed by atoms with E-state index in [1.165, 1.54) is 6.07 Å². The smallest absolute Gasteiger partial charge is 0.339 e. The third-order valence-corrected chi connectivity index (χ3v) is 4.77. The van der Waals surface area contributed by atoms with Crippen molar-refractivity contribution in [1.82, 2.24) is 4.98 Å². The Hall–Kier alpha value is -3.41. The highest BCUT2D eigenvalue weighted by atomic mass is 16.5. The molecule has 0 radical (unpaired) electrons. The second-order valence-electron chi connectivity index (χ2n) is 6.61. The van der Waals surface area contributed by atoms with E-state index in [-0.39, 0.29) is 24.1 Å². The van der Waals surface area contributed by atoms with E-state index in [2.05, 4.69) is 4.98 Å². The van der Waals surface area contributed by atoms with Crippen LogP contribution in [-0.4, -0.2) is 29.5 Å². The molecule has 0 saturated carbocycles. The Morgan fingerprint density at radius 1 is 1.15 bits per heavy atom. The van der Waals surface area contributed by atoms with Crippen LogP contribution in [-0.2, 0) is 16.0 Å². The van der Waals surface area contributed by atoms with Gasteiger partial charge in [-0.3, -0.25) is 9.59 Å². The van der Waals surface area contributed by atoms with Crippen LogP contribution < -0.4 is 10.5 Å². The molecule has 27 heavy (non-hydrogen) atoms. The van der Waals surface area contributed by atoms with Crippen molar-refractivity contribution in [2.75, 3.05) is 11.5 Å². The van der Waals surface area contributed by atoms with Crippen LogP contribution in [0.15, 0.2) is 59.4 Å². The summed E-state index contributed by atoms with van der Waals surface area (Å²) in [7, 11) is 0. The number of carbonyl (C=O) groups excluding carboxylic acids is 2.